The van der Waals surface area contributed by atoms with E-state index in [0.29, 0.717) is 10.2 Å². The minimum atomic E-state index is -3.89. The van der Waals surface area contributed by atoms with Crippen molar-refractivity contribution in [3.63, 3.8) is 0 Å². The summed E-state index contributed by atoms with van der Waals surface area (Å²) in [5.41, 5.74) is 6.55. The summed E-state index contributed by atoms with van der Waals surface area (Å²) in [6.45, 7) is 1.68. The maximum Gasteiger partial charge on any atom is 0.268 e. The largest absolute Gasteiger partial charge is 0.495 e. The highest BCUT2D eigenvalue weighted by atomic mass is 79.9. The zero-order valence-electron chi connectivity index (χ0n) is 10.7. The first-order chi connectivity index (χ1) is 9.33. The predicted octanol–water partition coefficient (Wildman–Crippen LogP) is 2.14. The topological polar surface area (TPSA) is 107 Å². The van der Waals surface area contributed by atoms with Gasteiger partial charge in [-0.3, -0.25) is 0 Å². The molecule has 0 saturated carbocycles. The fraction of sp³-hybridized carbons (Fsp3) is 0.182. The monoisotopic (exact) mass is 361 g/mol. The van der Waals surface area contributed by atoms with Gasteiger partial charge in [0.1, 0.15) is 10.6 Å². The lowest BCUT2D eigenvalue weighted by molar-refractivity contribution is 0.402. The third kappa shape index (κ3) is 2.88. The molecule has 1 heterocycles. The first kappa shape index (κ1) is 14.7. The van der Waals surface area contributed by atoms with Gasteiger partial charge in [0.15, 0.2) is 0 Å². The van der Waals surface area contributed by atoms with Gasteiger partial charge in [-0.25, -0.2) is 13.1 Å². The number of aryl methyl sites for hydroxylation is 1. The van der Waals surface area contributed by atoms with Crippen LogP contribution in [0.2, 0.25) is 0 Å². The van der Waals surface area contributed by atoms with Crippen LogP contribution in [0.1, 0.15) is 5.69 Å². The molecule has 108 valence electrons. The Morgan fingerprint density at radius 2 is 2.10 bits per heavy atom. The summed E-state index contributed by atoms with van der Waals surface area (Å²) >= 11 is 3.21. The molecule has 3 N–H and O–H groups in total. The number of nitrogens with one attached hydrogen (secondary N) is 1. The van der Waals surface area contributed by atoms with Gasteiger partial charge in [0.25, 0.3) is 10.0 Å². The maximum absolute atomic E-state index is 12.3. The number of aromatic nitrogens is 1. The molecular weight excluding hydrogens is 350 g/mol. The quantitative estimate of drug-likeness (QED) is 0.807. The van der Waals surface area contributed by atoms with Crippen molar-refractivity contribution < 1.29 is 17.7 Å². The van der Waals surface area contributed by atoms with Crippen LogP contribution in [-0.4, -0.2) is 20.7 Å². The predicted molar refractivity (Wildman–Crippen MR) is 77.2 cm³/mol. The lowest BCUT2D eigenvalue weighted by Gasteiger charge is -2.11. The van der Waals surface area contributed by atoms with Crippen molar-refractivity contribution in [1.82, 2.24) is 5.16 Å². The molecule has 20 heavy (non-hydrogen) atoms. The zero-order chi connectivity index (χ0) is 14.9. The molecule has 7 nitrogen and oxygen atoms in total. The number of nitrogens with zero attached hydrogens (tertiary/aromatic N) is 1. The van der Waals surface area contributed by atoms with Crippen LogP contribution in [0.4, 0.5) is 11.6 Å². The van der Waals surface area contributed by atoms with E-state index in [0.717, 1.165) is 0 Å². The summed E-state index contributed by atoms with van der Waals surface area (Å²) in [6.07, 6.45) is 0. The van der Waals surface area contributed by atoms with Crippen LogP contribution >= 0.6 is 15.9 Å². The van der Waals surface area contributed by atoms with Gasteiger partial charge in [0.05, 0.1) is 12.8 Å². The van der Waals surface area contributed by atoms with Gasteiger partial charge in [-0.2, -0.15) is 0 Å². The number of rotatable bonds is 4. The molecule has 2 rings (SSSR count). The lowest BCUT2D eigenvalue weighted by atomic mass is 10.3. The summed E-state index contributed by atoms with van der Waals surface area (Å²) in [7, 11) is -2.52. The third-order valence-corrected chi connectivity index (χ3v) is 4.49. The Labute approximate surface area is 124 Å². The average Bonchev–Trinajstić information content (AvgIpc) is 2.76. The van der Waals surface area contributed by atoms with Gasteiger partial charge in [-0.15, -0.1) is 0 Å². The number of anilines is 2. The molecule has 9 heteroatoms. The number of nitrogen functional groups attached to an aromatic ring is 1. The molecule has 0 atom stereocenters. The molecule has 0 radical (unpaired) electrons. The standard InChI is InChI=1S/C11H12BrN3O4S/c1-6-3-11(19-14-6)15-20(16,17)10-5-8(13)7(12)4-9(10)18-2/h3-5,15H,13H2,1-2H3. The second-order valence-corrected chi connectivity index (χ2v) is 6.47. The number of sulfonamides is 1. The highest BCUT2D eigenvalue weighted by molar-refractivity contribution is 9.10. The molecule has 0 bridgehead atoms. The molecule has 0 aliphatic carbocycles. The van der Waals surface area contributed by atoms with Gasteiger partial charge >= 0.3 is 0 Å². The second-order valence-electron chi connectivity index (χ2n) is 3.96. The Kier molecular flexibility index (Phi) is 3.91. The Hall–Kier alpha value is -1.74. The molecule has 2 aromatic rings. The van der Waals surface area contributed by atoms with E-state index < -0.39 is 10.0 Å². The van der Waals surface area contributed by atoms with Crippen LogP contribution in [0.25, 0.3) is 0 Å². The fourth-order valence-electron chi connectivity index (χ4n) is 1.52. The Morgan fingerprint density at radius 1 is 1.40 bits per heavy atom. The Balaban J connectivity index is 2.46. The van der Waals surface area contributed by atoms with Gasteiger partial charge in [-0.05, 0) is 35.0 Å². The summed E-state index contributed by atoms with van der Waals surface area (Å²) in [6, 6.07) is 4.25. The van der Waals surface area contributed by atoms with Crippen LogP contribution in [0.5, 0.6) is 5.75 Å². The van der Waals surface area contributed by atoms with Gasteiger partial charge in [0.2, 0.25) is 5.88 Å². The van der Waals surface area contributed by atoms with Crippen molar-refractivity contribution in [3.05, 3.63) is 28.4 Å². The lowest BCUT2D eigenvalue weighted by Crippen LogP contribution is -2.14. The van der Waals surface area contributed by atoms with E-state index in [9.17, 15) is 8.42 Å². The van der Waals surface area contributed by atoms with E-state index in [4.69, 9.17) is 15.0 Å². The van der Waals surface area contributed by atoms with Crippen LogP contribution in [0, 0.1) is 6.92 Å². The smallest absolute Gasteiger partial charge is 0.268 e. The molecule has 0 saturated heterocycles. The van der Waals surface area contributed by atoms with Gasteiger partial charge in [-0.1, -0.05) is 5.16 Å². The van der Waals surface area contributed by atoms with Gasteiger partial charge < -0.3 is 15.0 Å². The normalized spacial score (nSPS) is 11.3. The number of hydrogen-bond donors (Lipinski definition) is 2. The van der Waals surface area contributed by atoms with E-state index >= 15 is 0 Å². The number of ether oxygens (including phenoxy) is 1. The highest BCUT2D eigenvalue weighted by Crippen LogP contribution is 2.33. The van der Waals surface area contributed by atoms with E-state index in [-0.39, 0.29) is 22.2 Å². The third-order valence-electron chi connectivity index (χ3n) is 2.44. The zero-order valence-corrected chi connectivity index (χ0v) is 13.1. The number of nitrogens with two attached hydrogens (primary N) is 1. The van der Waals surface area contributed by atoms with E-state index in [1.165, 1.54) is 25.3 Å². The SMILES string of the molecule is COc1cc(Br)c(N)cc1S(=O)(=O)Nc1cc(C)no1. The number of halogens is 1. The number of hydrogen-bond acceptors (Lipinski definition) is 6. The first-order valence-corrected chi connectivity index (χ1v) is 7.70. The Bertz CT molecular complexity index is 742. The van der Waals surface area contributed by atoms with Crippen molar-refractivity contribution in [3.8, 4) is 5.75 Å². The highest BCUT2D eigenvalue weighted by Gasteiger charge is 2.22. The molecule has 1 aromatic carbocycles. The minimum absolute atomic E-state index is 0.0195. The van der Waals surface area contributed by atoms with Crippen LogP contribution in [-0.2, 0) is 10.0 Å². The van der Waals surface area contributed by atoms with Crippen molar-refractivity contribution in [2.24, 2.45) is 0 Å². The maximum atomic E-state index is 12.3. The van der Waals surface area contributed by atoms with E-state index in [2.05, 4.69) is 25.8 Å². The molecule has 1 aromatic heterocycles. The summed E-state index contributed by atoms with van der Waals surface area (Å²) in [5, 5.41) is 3.60. The number of benzene rings is 1. The van der Waals surface area contributed by atoms with Crippen molar-refractivity contribution in [2.75, 3.05) is 17.6 Å². The van der Waals surface area contributed by atoms with E-state index in [1.54, 1.807) is 6.92 Å². The van der Waals surface area contributed by atoms with Gasteiger partial charge in [0, 0.05) is 16.2 Å². The minimum Gasteiger partial charge on any atom is -0.495 e. The Morgan fingerprint density at radius 3 is 2.65 bits per heavy atom. The second kappa shape index (κ2) is 5.33. The van der Waals surface area contributed by atoms with Crippen molar-refractivity contribution >= 4 is 37.5 Å². The first-order valence-electron chi connectivity index (χ1n) is 5.42. The molecule has 0 amide bonds. The summed E-state index contributed by atoms with van der Waals surface area (Å²) < 4.78 is 37.3. The van der Waals surface area contributed by atoms with Crippen LogP contribution in [0.3, 0.4) is 0 Å². The summed E-state index contributed by atoms with van der Waals surface area (Å²) in [5.74, 6) is 0.181. The van der Waals surface area contributed by atoms with Crippen molar-refractivity contribution in [2.45, 2.75) is 11.8 Å². The van der Waals surface area contributed by atoms with E-state index in [1.807, 2.05) is 0 Å². The molecule has 0 unspecified atom stereocenters. The molecule has 0 fully saturated rings. The molecular formula is C11H12BrN3O4S. The summed E-state index contributed by atoms with van der Waals surface area (Å²) in [4.78, 5) is -0.0882. The fourth-order valence-corrected chi connectivity index (χ4v) is 3.00. The molecule has 0 aliphatic rings. The number of methoxy groups -OCH3 is 1. The molecule has 0 aliphatic heterocycles. The average molecular weight is 362 g/mol. The van der Waals surface area contributed by atoms with Crippen molar-refractivity contribution in [1.29, 1.82) is 0 Å². The van der Waals surface area contributed by atoms with Crippen LogP contribution < -0.4 is 15.2 Å². The molecule has 0 spiro atoms. The van der Waals surface area contributed by atoms with Crippen LogP contribution in [0.15, 0.2) is 32.1 Å².